The van der Waals surface area contributed by atoms with Gasteiger partial charge in [0.2, 0.25) is 0 Å². The van der Waals surface area contributed by atoms with Crippen LogP contribution in [-0.2, 0) is 17.7 Å². The summed E-state index contributed by atoms with van der Waals surface area (Å²) in [4.78, 5) is 40.6. The number of H-pyrrole nitrogens is 1. The van der Waals surface area contributed by atoms with Crippen LogP contribution in [-0.4, -0.2) is 71.7 Å². The highest BCUT2D eigenvalue weighted by atomic mass is 19.1. The van der Waals surface area contributed by atoms with Crippen LogP contribution >= 0.6 is 0 Å². The van der Waals surface area contributed by atoms with Gasteiger partial charge in [-0.05, 0) is 43.2 Å². The fourth-order valence-corrected chi connectivity index (χ4v) is 4.72. The molecule has 0 radical (unpaired) electrons. The number of carbonyl (C=O) groups is 1. The van der Waals surface area contributed by atoms with Gasteiger partial charge in [0.15, 0.2) is 5.82 Å². The normalized spacial score (nSPS) is 16.8. The largest absolute Gasteiger partial charge is 0.381 e. The summed E-state index contributed by atoms with van der Waals surface area (Å²) in [7, 11) is 0. The third-order valence-electron chi connectivity index (χ3n) is 6.88. The van der Waals surface area contributed by atoms with Crippen molar-refractivity contribution >= 4 is 22.6 Å². The smallest absolute Gasteiger partial charge is 0.270 e. The van der Waals surface area contributed by atoms with Gasteiger partial charge in [0.25, 0.3) is 11.5 Å². The summed E-state index contributed by atoms with van der Waals surface area (Å²) in [6, 6.07) is 7.06. The Morgan fingerprint density at radius 1 is 1.19 bits per heavy atom. The van der Waals surface area contributed by atoms with Crippen molar-refractivity contribution in [2.45, 2.75) is 26.8 Å². The Morgan fingerprint density at radius 3 is 2.64 bits per heavy atom. The number of halogens is 1. The molecule has 10 heteroatoms. The van der Waals surface area contributed by atoms with Gasteiger partial charge in [0, 0.05) is 45.2 Å². The molecule has 2 N–H and O–H groups in total. The van der Waals surface area contributed by atoms with Crippen LogP contribution in [0, 0.1) is 18.7 Å². The third kappa shape index (κ3) is 5.10. The highest BCUT2D eigenvalue weighted by molar-refractivity contribution is 5.92. The molecule has 2 aliphatic heterocycles. The number of amides is 1. The quantitative estimate of drug-likeness (QED) is 0.518. The molecule has 2 saturated heterocycles. The molecule has 2 aromatic heterocycles. The molecule has 1 aromatic carbocycles. The van der Waals surface area contributed by atoms with E-state index in [1.807, 2.05) is 26.0 Å². The molecule has 190 valence electrons. The number of aryl methyl sites for hydroxylation is 2. The molecule has 2 aliphatic rings. The summed E-state index contributed by atoms with van der Waals surface area (Å²) in [5.74, 6) is -0.185. The molecule has 0 bridgehead atoms. The SMILES string of the molecule is CCc1nc2c(F)cc(CN3CCN(c4ccc(C(=O)NCC5COC5)nc4C)CC3)cc2[nH]c1=O. The lowest BCUT2D eigenvalue weighted by Crippen LogP contribution is -2.46. The first kappa shape index (κ1) is 24.3. The Hall–Kier alpha value is -3.37. The summed E-state index contributed by atoms with van der Waals surface area (Å²) in [5.41, 5.74) is 3.77. The number of carbonyl (C=O) groups excluding carboxylic acids is 1. The predicted octanol–water partition coefficient (Wildman–Crippen LogP) is 2.03. The first-order valence-electron chi connectivity index (χ1n) is 12.4. The Balaban J connectivity index is 1.20. The van der Waals surface area contributed by atoms with Gasteiger partial charge in [-0.3, -0.25) is 14.5 Å². The highest BCUT2D eigenvalue weighted by Crippen LogP contribution is 2.22. The number of piperazine rings is 1. The van der Waals surface area contributed by atoms with E-state index >= 15 is 0 Å². The lowest BCUT2D eigenvalue weighted by molar-refractivity contribution is -0.0299. The zero-order valence-corrected chi connectivity index (χ0v) is 20.6. The van der Waals surface area contributed by atoms with Gasteiger partial charge >= 0.3 is 0 Å². The molecule has 5 rings (SSSR count). The molecule has 0 unspecified atom stereocenters. The number of hydrogen-bond acceptors (Lipinski definition) is 7. The fourth-order valence-electron chi connectivity index (χ4n) is 4.72. The van der Waals surface area contributed by atoms with E-state index in [0.717, 1.165) is 43.1 Å². The van der Waals surface area contributed by atoms with Gasteiger partial charge in [-0.15, -0.1) is 0 Å². The van der Waals surface area contributed by atoms with Crippen LogP contribution in [0.5, 0.6) is 0 Å². The predicted molar refractivity (Wildman–Crippen MR) is 135 cm³/mol. The summed E-state index contributed by atoms with van der Waals surface area (Å²) in [6.07, 6.45) is 0.456. The second kappa shape index (κ2) is 10.3. The molecule has 0 saturated carbocycles. The molecular weight excluding hydrogens is 463 g/mol. The van der Waals surface area contributed by atoms with Crippen LogP contribution in [0.4, 0.5) is 10.1 Å². The maximum Gasteiger partial charge on any atom is 0.270 e. The van der Waals surface area contributed by atoms with E-state index in [0.29, 0.717) is 55.5 Å². The lowest BCUT2D eigenvalue weighted by Gasteiger charge is -2.36. The van der Waals surface area contributed by atoms with Gasteiger partial charge < -0.3 is 19.9 Å². The number of aromatic amines is 1. The summed E-state index contributed by atoms with van der Waals surface area (Å²) in [5, 5.41) is 2.93. The first-order chi connectivity index (χ1) is 17.4. The van der Waals surface area contributed by atoms with E-state index in [9.17, 15) is 14.0 Å². The van der Waals surface area contributed by atoms with E-state index in [4.69, 9.17) is 4.74 Å². The standard InChI is InChI=1S/C26H31FN6O3/c1-3-20-26(35)31-22-11-17(10-19(27)24(22)30-20)13-32-6-8-33(9-7-32)23-5-4-21(29-16(23)2)25(34)28-12-18-14-36-15-18/h4-5,10-11,18H,3,6-9,12-15H2,1-2H3,(H,28,34)(H,31,35). The number of aromatic nitrogens is 3. The average molecular weight is 495 g/mol. The molecule has 0 aliphatic carbocycles. The number of nitrogens with zero attached hydrogens (tertiary/aromatic N) is 4. The Labute approximate surface area is 208 Å². The summed E-state index contributed by atoms with van der Waals surface area (Å²) in [6.45, 7) is 9.53. The molecule has 0 spiro atoms. The van der Waals surface area contributed by atoms with Crippen LogP contribution in [0.25, 0.3) is 11.0 Å². The Kier molecular flexibility index (Phi) is 6.97. The van der Waals surface area contributed by atoms with Gasteiger partial charge in [-0.25, -0.2) is 14.4 Å². The molecule has 3 aromatic rings. The molecule has 36 heavy (non-hydrogen) atoms. The second-order valence-electron chi connectivity index (χ2n) is 9.52. The van der Waals surface area contributed by atoms with Crippen molar-refractivity contribution in [1.82, 2.24) is 25.2 Å². The number of hydrogen-bond donors (Lipinski definition) is 2. The number of pyridine rings is 1. The van der Waals surface area contributed by atoms with Crippen molar-refractivity contribution < 1.29 is 13.9 Å². The van der Waals surface area contributed by atoms with Crippen molar-refractivity contribution in [1.29, 1.82) is 0 Å². The van der Waals surface area contributed by atoms with Crippen molar-refractivity contribution in [2.24, 2.45) is 5.92 Å². The number of anilines is 1. The van der Waals surface area contributed by atoms with E-state index in [2.05, 4.69) is 30.1 Å². The number of nitrogens with one attached hydrogen (secondary N) is 2. The highest BCUT2D eigenvalue weighted by Gasteiger charge is 2.22. The Morgan fingerprint density at radius 2 is 1.97 bits per heavy atom. The van der Waals surface area contributed by atoms with Crippen LogP contribution in [0.15, 0.2) is 29.1 Å². The topological polar surface area (TPSA) is 103 Å². The second-order valence-corrected chi connectivity index (χ2v) is 9.52. The zero-order chi connectivity index (χ0) is 25.2. The maximum atomic E-state index is 14.7. The van der Waals surface area contributed by atoms with Crippen molar-refractivity contribution in [3.63, 3.8) is 0 Å². The molecule has 9 nitrogen and oxygen atoms in total. The zero-order valence-electron chi connectivity index (χ0n) is 20.6. The van der Waals surface area contributed by atoms with Gasteiger partial charge in [0.05, 0.1) is 30.1 Å². The number of rotatable bonds is 7. The van der Waals surface area contributed by atoms with E-state index in [-0.39, 0.29) is 17.0 Å². The minimum atomic E-state index is -0.418. The Bertz CT molecular complexity index is 1330. The molecule has 1 amide bonds. The van der Waals surface area contributed by atoms with Gasteiger partial charge in [-0.1, -0.05) is 6.92 Å². The summed E-state index contributed by atoms with van der Waals surface area (Å²) >= 11 is 0. The molecule has 4 heterocycles. The number of ether oxygens (including phenoxy) is 1. The molecular formula is C26H31FN6O3. The van der Waals surface area contributed by atoms with Crippen molar-refractivity contribution in [3.8, 4) is 0 Å². The monoisotopic (exact) mass is 494 g/mol. The van der Waals surface area contributed by atoms with Crippen LogP contribution < -0.4 is 15.8 Å². The maximum absolute atomic E-state index is 14.7. The van der Waals surface area contributed by atoms with Gasteiger partial charge in [0.1, 0.15) is 16.9 Å². The summed E-state index contributed by atoms with van der Waals surface area (Å²) < 4.78 is 19.9. The van der Waals surface area contributed by atoms with E-state index < -0.39 is 5.82 Å². The first-order valence-corrected chi connectivity index (χ1v) is 12.4. The van der Waals surface area contributed by atoms with Crippen molar-refractivity contribution in [2.75, 3.05) is 50.8 Å². The van der Waals surface area contributed by atoms with Crippen molar-refractivity contribution in [3.05, 3.63) is 63.1 Å². The fraction of sp³-hybridized carbons (Fsp3) is 0.462. The minimum absolute atomic E-state index is 0.161. The van der Waals surface area contributed by atoms with E-state index in [1.165, 1.54) is 6.07 Å². The van der Waals surface area contributed by atoms with E-state index in [1.54, 1.807) is 6.07 Å². The third-order valence-corrected chi connectivity index (χ3v) is 6.88. The average Bonchev–Trinajstić information content (AvgIpc) is 2.83. The lowest BCUT2D eigenvalue weighted by atomic mass is 10.1. The molecule has 2 fully saturated rings. The molecule has 0 atom stereocenters. The number of benzene rings is 1. The van der Waals surface area contributed by atoms with Crippen LogP contribution in [0.3, 0.4) is 0 Å². The number of fused-ring (bicyclic) bond motifs is 1. The minimum Gasteiger partial charge on any atom is -0.381 e. The van der Waals surface area contributed by atoms with Crippen LogP contribution in [0.2, 0.25) is 0 Å². The van der Waals surface area contributed by atoms with Crippen LogP contribution in [0.1, 0.15) is 34.4 Å². The van der Waals surface area contributed by atoms with Gasteiger partial charge in [-0.2, -0.15) is 0 Å².